The molecule has 2 aromatic rings. The molecule has 7 heteroatoms. The zero-order valence-corrected chi connectivity index (χ0v) is 15.0. The van der Waals surface area contributed by atoms with Gasteiger partial charge >= 0.3 is 0 Å². The summed E-state index contributed by atoms with van der Waals surface area (Å²) in [5.41, 5.74) is 0.619. The number of para-hydroxylation sites is 2. The number of rotatable bonds is 3. The average Bonchev–Trinajstić information content (AvgIpc) is 3.09. The molecule has 0 saturated carbocycles. The lowest BCUT2D eigenvalue weighted by Crippen LogP contribution is -2.50. The van der Waals surface area contributed by atoms with Crippen LogP contribution in [0.1, 0.15) is 26.3 Å². The maximum absolute atomic E-state index is 13.0. The molecule has 25 heavy (non-hydrogen) atoms. The molecule has 1 aliphatic rings. The van der Waals surface area contributed by atoms with Gasteiger partial charge in [0.15, 0.2) is 11.9 Å². The highest BCUT2D eigenvalue weighted by atomic mass is 32.1. The van der Waals surface area contributed by atoms with Crippen LogP contribution in [0.25, 0.3) is 0 Å². The van der Waals surface area contributed by atoms with Crippen LogP contribution in [-0.2, 0) is 4.79 Å². The molecular formula is C18H18N2O4S. The Hall–Kier alpha value is -2.67. The van der Waals surface area contributed by atoms with E-state index in [1.54, 1.807) is 49.3 Å². The maximum Gasteiger partial charge on any atom is 0.268 e. The summed E-state index contributed by atoms with van der Waals surface area (Å²) in [6.45, 7) is 1.59. The van der Waals surface area contributed by atoms with Crippen LogP contribution in [0.3, 0.4) is 0 Å². The summed E-state index contributed by atoms with van der Waals surface area (Å²) in [5.74, 6) is -0.0366. The quantitative estimate of drug-likeness (QED) is 0.791. The Labute approximate surface area is 149 Å². The molecule has 1 aromatic carbocycles. The van der Waals surface area contributed by atoms with Gasteiger partial charge in [-0.25, -0.2) is 0 Å². The molecule has 0 bridgehead atoms. The molecule has 0 aliphatic carbocycles. The number of thiophene rings is 1. The monoisotopic (exact) mass is 358 g/mol. The molecule has 1 aliphatic heterocycles. The first-order valence-electron chi connectivity index (χ1n) is 7.78. The third-order valence-corrected chi connectivity index (χ3v) is 5.07. The number of nitrogens with zero attached hydrogens (tertiary/aromatic N) is 2. The highest BCUT2D eigenvalue weighted by molar-refractivity contribution is 7.16. The minimum Gasteiger partial charge on any atom is -0.476 e. The SMILES string of the molecule is CC(=O)c1ccc(C(=O)N2CC(C(=O)N(C)C)Oc3ccccc32)s1. The molecule has 0 spiro atoms. The second-order valence-electron chi connectivity index (χ2n) is 5.94. The standard InChI is InChI=1S/C18H18N2O4S/c1-11(21)15-8-9-16(25-15)18(23)20-10-14(17(22)19(2)3)24-13-7-5-4-6-12(13)20/h4-9,14H,10H2,1-3H3. The van der Waals surface area contributed by atoms with Crippen LogP contribution < -0.4 is 9.64 Å². The molecular weight excluding hydrogens is 340 g/mol. The van der Waals surface area contributed by atoms with Crippen LogP contribution in [0.5, 0.6) is 5.75 Å². The molecule has 1 unspecified atom stereocenters. The van der Waals surface area contributed by atoms with Crippen molar-refractivity contribution in [3.8, 4) is 5.75 Å². The van der Waals surface area contributed by atoms with Gasteiger partial charge in [0.1, 0.15) is 5.75 Å². The van der Waals surface area contributed by atoms with Crippen molar-refractivity contribution in [2.45, 2.75) is 13.0 Å². The molecule has 2 heterocycles. The van der Waals surface area contributed by atoms with Gasteiger partial charge in [0.25, 0.3) is 11.8 Å². The van der Waals surface area contributed by atoms with Crippen LogP contribution in [0.15, 0.2) is 36.4 Å². The predicted octanol–water partition coefficient (Wildman–Crippen LogP) is 2.45. The number of fused-ring (bicyclic) bond motifs is 1. The lowest BCUT2D eigenvalue weighted by atomic mass is 10.1. The predicted molar refractivity (Wildman–Crippen MR) is 95.6 cm³/mol. The van der Waals surface area contributed by atoms with E-state index in [2.05, 4.69) is 0 Å². The number of Topliss-reactive ketones (excluding diaryl/α,β-unsaturated/α-hetero) is 1. The first-order valence-corrected chi connectivity index (χ1v) is 8.59. The molecule has 1 aromatic heterocycles. The minimum atomic E-state index is -0.763. The number of benzene rings is 1. The third-order valence-electron chi connectivity index (χ3n) is 3.90. The fraction of sp³-hybridized carbons (Fsp3) is 0.278. The number of ketones is 1. The van der Waals surface area contributed by atoms with Crippen molar-refractivity contribution in [1.29, 1.82) is 0 Å². The van der Waals surface area contributed by atoms with Crippen LogP contribution in [0, 0.1) is 0 Å². The summed E-state index contributed by atoms with van der Waals surface area (Å²) in [6.07, 6.45) is -0.763. The Kier molecular flexibility index (Phi) is 4.59. The molecule has 6 nitrogen and oxygen atoms in total. The number of likely N-dealkylation sites (N-methyl/N-ethyl adjacent to an activating group) is 1. The number of hydrogen-bond acceptors (Lipinski definition) is 5. The molecule has 1 atom stereocenters. The first-order chi connectivity index (χ1) is 11.9. The number of anilines is 1. The number of carbonyl (C=O) groups excluding carboxylic acids is 3. The molecule has 0 saturated heterocycles. The highest BCUT2D eigenvalue weighted by Crippen LogP contribution is 2.35. The van der Waals surface area contributed by atoms with Crippen molar-refractivity contribution in [2.75, 3.05) is 25.5 Å². The van der Waals surface area contributed by atoms with Crippen molar-refractivity contribution < 1.29 is 19.1 Å². The van der Waals surface area contributed by atoms with E-state index in [0.717, 1.165) is 11.3 Å². The van der Waals surface area contributed by atoms with E-state index >= 15 is 0 Å². The van der Waals surface area contributed by atoms with Crippen LogP contribution in [0.4, 0.5) is 5.69 Å². The minimum absolute atomic E-state index is 0.0768. The van der Waals surface area contributed by atoms with Crippen LogP contribution in [0.2, 0.25) is 0 Å². The van der Waals surface area contributed by atoms with Gasteiger partial charge in [-0.05, 0) is 31.2 Å². The smallest absolute Gasteiger partial charge is 0.268 e. The normalized spacial score (nSPS) is 16.0. The van der Waals surface area contributed by atoms with Crippen LogP contribution in [-0.4, -0.2) is 49.2 Å². The van der Waals surface area contributed by atoms with E-state index in [9.17, 15) is 14.4 Å². The fourth-order valence-electron chi connectivity index (χ4n) is 2.62. The van der Waals surface area contributed by atoms with Gasteiger partial charge < -0.3 is 9.64 Å². The van der Waals surface area contributed by atoms with Gasteiger partial charge in [-0.2, -0.15) is 0 Å². The van der Waals surface area contributed by atoms with Gasteiger partial charge in [-0.1, -0.05) is 12.1 Å². The summed E-state index contributed by atoms with van der Waals surface area (Å²) in [6, 6.07) is 10.4. The molecule has 3 rings (SSSR count). The number of amides is 2. The van der Waals surface area contributed by atoms with E-state index in [0.29, 0.717) is 21.2 Å². The van der Waals surface area contributed by atoms with E-state index < -0.39 is 6.10 Å². The fourth-order valence-corrected chi connectivity index (χ4v) is 3.47. The highest BCUT2D eigenvalue weighted by Gasteiger charge is 2.35. The van der Waals surface area contributed by atoms with E-state index in [4.69, 9.17) is 4.74 Å². The maximum atomic E-state index is 13.0. The Morgan fingerprint density at radius 2 is 1.80 bits per heavy atom. The average molecular weight is 358 g/mol. The summed E-state index contributed by atoms with van der Waals surface area (Å²) < 4.78 is 5.78. The number of ether oxygens (including phenoxy) is 1. The zero-order chi connectivity index (χ0) is 18.1. The van der Waals surface area contributed by atoms with Crippen molar-refractivity contribution in [1.82, 2.24) is 4.90 Å². The number of hydrogen-bond donors (Lipinski definition) is 0. The summed E-state index contributed by atoms with van der Waals surface area (Å²) in [7, 11) is 3.30. The Balaban J connectivity index is 1.96. The van der Waals surface area contributed by atoms with Crippen molar-refractivity contribution in [2.24, 2.45) is 0 Å². The molecule has 0 radical (unpaired) electrons. The Morgan fingerprint density at radius 1 is 1.12 bits per heavy atom. The van der Waals surface area contributed by atoms with Gasteiger partial charge in [0, 0.05) is 14.1 Å². The topological polar surface area (TPSA) is 66.9 Å². The van der Waals surface area contributed by atoms with E-state index in [1.807, 2.05) is 6.07 Å². The summed E-state index contributed by atoms with van der Waals surface area (Å²) >= 11 is 1.16. The van der Waals surface area contributed by atoms with Gasteiger partial charge in [-0.3, -0.25) is 19.3 Å². The second kappa shape index (κ2) is 6.68. The van der Waals surface area contributed by atoms with Gasteiger partial charge in [-0.15, -0.1) is 11.3 Å². The summed E-state index contributed by atoms with van der Waals surface area (Å²) in [4.78, 5) is 40.8. The third kappa shape index (κ3) is 3.28. The van der Waals surface area contributed by atoms with Crippen molar-refractivity contribution in [3.05, 3.63) is 46.2 Å². The molecule has 2 amide bonds. The molecule has 0 N–H and O–H groups in total. The molecule has 0 fully saturated rings. The largest absolute Gasteiger partial charge is 0.476 e. The summed E-state index contributed by atoms with van der Waals surface area (Å²) in [5, 5.41) is 0. The van der Waals surface area contributed by atoms with Crippen LogP contribution >= 0.6 is 11.3 Å². The van der Waals surface area contributed by atoms with E-state index in [1.165, 1.54) is 11.8 Å². The lowest BCUT2D eigenvalue weighted by Gasteiger charge is -2.34. The zero-order valence-electron chi connectivity index (χ0n) is 14.2. The number of carbonyl (C=O) groups is 3. The second-order valence-corrected chi connectivity index (χ2v) is 7.03. The Morgan fingerprint density at radius 3 is 2.44 bits per heavy atom. The van der Waals surface area contributed by atoms with Crippen molar-refractivity contribution in [3.63, 3.8) is 0 Å². The first kappa shape index (κ1) is 17.2. The molecule has 130 valence electrons. The lowest BCUT2D eigenvalue weighted by molar-refractivity contribution is -0.135. The van der Waals surface area contributed by atoms with Crippen molar-refractivity contribution >= 4 is 34.6 Å². The Bertz CT molecular complexity index is 843. The van der Waals surface area contributed by atoms with E-state index in [-0.39, 0.29) is 24.1 Å². The van der Waals surface area contributed by atoms with Gasteiger partial charge in [0.2, 0.25) is 0 Å². The van der Waals surface area contributed by atoms with Gasteiger partial charge in [0.05, 0.1) is 22.0 Å².